The topological polar surface area (TPSA) is 51.2 Å². The monoisotopic (exact) mass is 340 g/mol. The second kappa shape index (κ2) is 8.13. The summed E-state index contributed by atoms with van der Waals surface area (Å²) in [5, 5.41) is 0. The number of nitrogens with zero attached hydrogens (tertiary/aromatic N) is 2. The highest BCUT2D eigenvalue weighted by molar-refractivity contribution is 5.77. The lowest BCUT2D eigenvalue weighted by Gasteiger charge is -2.47. The molecule has 3 aliphatic heterocycles. The van der Waals surface area contributed by atoms with Gasteiger partial charge in [0.25, 0.3) is 0 Å². The summed E-state index contributed by atoms with van der Waals surface area (Å²) in [6.45, 7) is 10.3. The maximum atomic E-state index is 12.2. The molecule has 3 aliphatic rings. The molecule has 3 saturated heterocycles. The molecule has 6 nitrogen and oxygen atoms in total. The molecule has 1 unspecified atom stereocenters. The second-order valence-electron chi connectivity index (χ2n) is 7.58. The zero-order valence-electron chi connectivity index (χ0n) is 15.2. The molecule has 3 fully saturated rings. The number of amides is 1. The molecule has 1 spiro atoms. The summed E-state index contributed by atoms with van der Waals surface area (Å²) in [6.07, 6.45) is 4.11. The highest BCUT2D eigenvalue weighted by Gasteiger charge is 2.41. The van der Waals surface area contributed by atoms with Crippen molar-refractivity contribution >= 4 is 5.91 Å². The van der Waals surface area contributed by atoms with Crippen LogP contribution in [0.3, 0.4) is 0 Å². The molecule has 0 N–H and O–H groups in total. The third-order valence-corrected chi connectivity index (χ3v) is 5.69. The van der Waals surface area contributed by atoms with Crippen LogP contribution in [0.4, 0.5) is 0 Å². The van der Waals surface area contributed by atoms with Crippen LogP contribution in [-0.2, 0) is 19.0 Å². The molecule has 0 aromatic carbocycles. The summed E-state index contributed by atoms with van der Waals surface area (Å²) in [7, 11) is 0. The van der Waals surface area contributed by atoms with Gasteiger partial charge in [-0.05, 0) is 33.1 Å². The van der Waals surface area contributed by atoms with E-state index >= 15 is 0 Å². The predicted molar refractivity (Wildman–Crippen MR) is 91.0 cm³/mol. The van der Waals surface area contributed by atoms with Gasteiger partial charge in [-0.3, -0.25) is 4.79 Å². The largest absolute Gasteiger partial charge is 0.378 e. The minimum atomic E-state index is -0.0314. The van der Waals surface area contributed by atoms with E-state index in [0.717, 1.165) is 45.4 Å². The molecule has 0 saturated carbocycles. The fraction of sp³-hybridized carbons (Fsp3) is 0.944. The maximum Gasteiger partial charge on any atom is 0.248 e. The molecule has 0 aromatic rings. The Hall–Kier alpha value is -0.690. The Morgan fingerprint density at radius 3 is 2.54 bits per heavy atom. The number of ether oxygens (including phenoxy) is 3. The number of hydrogen-bond acceptors (Lipinski definition) is 5. The summed E-state index contributed by atoms with van der Waals surface area (Å²) in [5.74, 6) is 0.0912. The number of morpholine rings is 1. The zero-order valence-corrected chi connectivity index (χ0v) is 15.2. The van der Waals surface area contributed by atoms with E-state index in [4.69, 9.17) is 14.2 Å². The van der Waals surface area contributed by atoms with Gasteiger partial charge in [0.1, 0.15) is 6.61 Å². The van der Waals surface area contributed by atoms with Crippen molar-refractivity contribution in [3.63, 3.8) is 0 Å². The molecular formula is C18H32N2O4. The molecule has 6 heteroatoms. The van der Waals surface area contributed by atoms with E-state index in [9.17, 15) is 4.79 Å². The van der Waals surface area contributed by atoms with E-state index in [1.54, 1.807) is 0 Å². The highest BCUT2D eigenvalue weighted by Crippen LogP contribution is 2.36. The summed E-state index contributed by atoms with van der Waals surface area (Å²) >= 11 is 0. The lowest BCUT2D eigenvalue weighted by atomic mass is 9.83. The van der Waals surface area contributed by atoms with E-state index in [0.29, 0.717) is 32.3 Å². The van der Waals surface area contributed by atoms with Crippen molar-refractivity contribution in [2.45, 2.75) is 57.3 Å². The Bertz CT molecular complexity index is 415. The van der Waals surface area contributed by atoms with Crippen LogP contribution >= 0.6 is 0 Å². The first-order chi connectivity index (χ1) is 11.6. The first-order valence-corrected chi connectivity index (χ1v) is 9.43. The fourth-order valence-electron chi connectivity index (χ4n) is 4.01. The number of carbonyl (C=O) groups is 1. The Balaban J connectivity index is 1.45. The minimum Gasteiger partial charge on any atom is -0.378 e. The van der Waals surface area contributed by atoms with Crippen LogP contribution in [0, 0.1) is 0 Å². The number of piperidine rings is 1. The Morgan fingerprint density at radius 1 is 1.17 bits per heavy atom. The molecule has 0 aliphatic carbocycles. The van der Waals surface area contributed by atoms with Gasteiger partial charge >= 0.3 is 0 Å². The number of rotatable bonds is 4. The molecule has 0 bridgehead atoms. The van der Waals surface area contributed by atoms with Crippen LogP contribution in [0.1, 0.15) is 39.5 Å². The van der Waals surface area contributed by atoms with Crippen molar-refractivity contribution in [3.8, 4) is 0 Å². The van der Waals surface area contributed by atoms with E-state index in [2.05, 4.69) is 18.7 Å². The molecule has 1 amide bonds. The maximum absolute atomic E-state index is 12.2. The molecule has 0 radical (unpaired) electrons. The summed E-state index contributed by atoms with van der Waals surface area (Å²) in [5.41, 5.74) is -0.0314. The van der Waals surface area contributed by atoms with E-state index in [-0.39, 0.29) is 24.2 Å². The number of carbonyl (C=O) groups excluding carboxylic acids is 1. The highest BCUT2D eigenvalue weighted by atomic mass is 16.5. The third-order valence-electron chi connectivity index (χ3n) is 5.69. The summed E-state index contributed by atoms with van der Waals surface area (Å²) in [4.78, 5) is 16.6. The average molecular weight is 340 g/mol. The van der Waals surface area contributed by atoms with E-state index in [1.165, 1.54) is 0 Å². The normalized spacial score (nSPS) is 28.5. The first kappa shape index (κ1) is 18.1. The van der Waals surface area contributed by atoms with Crippen molar-refractivity contribution in [1.29, 1.82) is 0 Å². The van der Waals surface area contributed by atoms with Gasteiger partial charge < -0.3 is 24.0 Å². The number of hydrogen-bond donors (Lipinski definition) is 0. The van der Waals surface area contributed by atoms with Crippen LogP contribution in [0.15, 0.2) is 0 Å². The van der Waals surface area contributed by atoms with E-state index in [1.807, 2.05) is 4.90 Å². The molecule has 138 valence electrons. The van der Waals surface area contributed by atoms with Gasteiger partial charge in [-0.15, -0.1) is 0 Å². The third kappa shape index (κ3) is 4.48. The lowest BCUT2D eigenvalue weighted by Crippen LogP contribution is -2.52. The van der Waals surface area contributed by atoms with Gasteiger partial charge in [-0.2, -0.15) is 0 Å². The van der Waals surface area contributed by atoms with Crippen LogP contribution in [-0.4, -0.2) is 86.1 Å². The van der Waals surface area contributed by atoms with Crippen molar-refractivity contribution in [2.75, 3.05) is 52.6 Å². The molecule has 0 aromatic heterocycles. The van der Waals surface area contributed by atoms with Gasteiger partial charge in [-0.25, -0.2) is 0 Å². The van der Waals surface area contributed by atoms with Crippen molar-refractivity contribution in [3.05, 3.63) is 0 Å². The van der Waals surface area contributed by atoms with Gasteiger partial charge in [-0.1, -0.05) is 0 Å². The smallest absolute Gasteiger partial charge is 0.248 e. The van der Waals surface area contributed by atoms with Gasteiger partial charge in [0.15, 0.2) is 0 Å². The SMILES string of the molecule is CC(C)N1CCC2(CC1)CC(OCC(=O)N1CCOCC1)CCO2. The van der Waals surface area contributed by atoms with Crippen LogP contribution in [0.25, 0.3) is 0 Å². The minimum absolute atomic E-state index is 0.0314. The first-order valence-electron chi connectivity index (χ1n) is 9.43. The Kier molecular flexibility index (Phi) is 6.13. The Morgan fingerprint density at radius 2 is 1.88 bits per heavy atom. The Labute approximate surface area is 145 Å². The van der Waals surface area contributed by atoms with E-state index < -0.39 is 0 Å². The lowest BCUT2D eigenvalue weighted by molar-refractivity contribution is -0.165. The molecule has 1 atom stereocenters. The van der Waals surface area contributed by atoms with Crippen LogP contribution in [0.2, 0.25) is 0 Å². The summed E-state index contributed by atoms with van der Waals surface area (Å²) in [6, 6.07) is 0.601. The van der Waals surface area contributed by atoms with Gasteiger partial charge in [0, 0.05) is 45.2 Å². The quantitative estimate of drug-likeness (QED) is 0.772. The van der Waals surface area contributed by atoms with Gasteiger partial charge in [0.2, 0.25) is 5.91 Å². The summed E-state index contributed by atoms with van der Waals surface area (Å²) < 4.78 is 17.4. The van der Waals surface area contributed by atoms with Crippen LogP contribution in [0.5, 0.6) is 0 Å². The van der Waals surface area contributed by atoms with Crippen molar-refractivity contribution in [1.82, 2.24) is 9.80 Å². The zero-order chi connectivity index (χ0) is 17.0. The van der Waals surface area contributed by atoms with Crippen molar-refractivity contribution in [2.24, 2.45) is 0 Å². The predicted octanol–water partition coefficient (Wildman–Crippen LogP) is 1.28. The molecule has 24 heavy (non-hydrogen) atoms. The standard InChI is InChI=1S/C18H32N2O4/c1-15(2)19-6-4-18(5-7-19)13-16(3-10-24-18)23-14-17(21)20-8-11-22-12-9-20/h15-16H,3-14H2,1-2H3. The fourth-order valence-corrected chi connectivity index (χ4v) is 4.01. The number of likely N-dealkylation sites (tertiary alicyclic amines) is 1. The molecule has 3 heterocycles. The van der Waals surface area contributed by atoms with Crippen LogP contribution < -0.4 is 0 Å². The molecular weight excluding hydrogens is 308 g/mol. The second-order valence-corrected chi connectivity index (χ2v) is 7.58. The molecule has 3 rings (SSSR count). The average Bonchev–Trinajstić information content (AvgIpc) is 2.61. The van der Waals surface area contributed by atoms with Gasteiger partial charge in [0.05, 0.1) is 24.9 Å². The van der Waals surface area contributed by atoms with Crippen molar-refractivity contribution < 1.29 is 19.0 Å².